The van der Waals surface area contributed by atoms with Crippen molar-refractivity contribution in [2.75, 3.05) is 11.9 Å². The van der Waals surface area contributed by atoms with Crippen LogP contribution in [0.5, 0.6) is 0 Å². The maximum Gasteiger partial charge on any atom is 0.173 e. The first-order chi connectivity index (χ1) is 8.56. The molecule has 0 amide bonds. The number of halogens is 2. The molecule has 0 aliphatic carbocycles. The number of nitrogens with one attached hydrogen (secondary N) is 1. The van der Waals surface area contributed by atoms with Crippen LogP contribution in [0.1, 0.15) is 18.3 Å². The zero-order valence-electron chi connectivity index (χ0n) is 10.3. The van der Waals surface area contributed by atoms with Crippen LogP contribution >= 0.6 is 31.9 Å². The zero-order chi connectivity index (χ0) is 13.3. The third-order valence-corrected chi connectivity index (χ3v) is 4.40. The van der Waals surface area contributed by atoms with Crippen LogP contribution in [0.4, 0.5) is 5.82 Å². The second-order valence-corrected chi connectivity index (χ2v) is 5.37. The number of nitrogens with zero attached hydrogens (tertiary/aromatic N) is 4. The van der Waals surface area contributed by atoms with Crippen molar-refractivity contribution in [2.24, 2.45) is 0 Å². The minimum Gasteiger partial charge on any atom is -0.369 e. The number of aryl methyl sites for hydroxylation is 1. The van der Waals surface area contributed by atoms with E-state index in [-0.39, 0.29) is 0 Å². The smallest absolute Gasteiger partial charge is 0.173 e. The van der Waals surface area contributed by atoms with Gasteiger partial charge in [0, 0.05) is 6.54 Å². The van der Waals surface area contributed by atoms with Crippen molar-refractivity contribution < 1.29 is 0 Å². The van der Waals surface area contributed by atoms with Gasteiger partial charge in [0.25, 0.3) is 0 Å². The van der Waals surface area contributed by atoms with Gasteiger partial charge in [-0.15, -0.1) is 0 Å². The van der Waals surface area contributed by atoms with E-state index in [9.17, 15) is 0 Å². The van der Waals surface area contributed by atoms with Crippen molar-refractivity contribution in [1.29, 1.82) is 0 Å². The molecular weight excluding hydrogens is 362 g/mol. The van der Waals surface area contributed by atoms with Crippen LogP contribution in [0.15, 0.2) is 15.3 Å². The number of anilines is 1. The van der Waals surface area contributed by atoms with Crippen molar-refractivity contribution in [2.45, 2.75) is 20.8 Å². The van der Waals surface area contributed by atoms with Gasteiger partial charge >= 0.3 is 0 Å². The van der Waals surface area contributed by atoms with Crippen molar-refractivity contribution in [3.05, 3.63) is 26.7 Å². The van der Waals surface area contributed by atoms with Crippen LogP contribution in [0.25, 0.3) is 5.82 Å². The van der Waals surface area contributed by atoms with Gasteiger partial charge in [-0.3, -0.25) is 0 Å². The molecule has 2 rings (SSSR count). The Hall–Kier alpha value is -0.950. The van der Waals surface area contributed by atoms with Crippen LogP contribution in [-0.2, 0) is 0 Å². The molecule has 0 aliphatic rings. The molecule has 2 aromatic heterocycles. The Balaban J connectivity index is 2.57. The lowest BCUT2D eigenvalue weighted by atomic mass is 10.4. The van der Waals surface area contributed by atoms with E-state index in [1.165, 1.54) is 6.33 Å². The Bertz CT molecular complexity index is 579. The van der Waals surface area contributed by atoms with Crippen molar-refractivity contribution >= 4 is 37.7 Å². The molecule has 2 heterocycles. The van der Waals surface area contributed by atoms with Crippen LogP contribution in [0.2, 0.25) is 0 Å². The molecule has 0 bridgehead atoms. The quantitative estimate of drug-likeness (QED) is 0.895. The Morgan fingerprint density at radius 3 is 2.50 bits per heavy atom. The summed E-state index contributed by atoms with van der Waals surface area (Å²) in [5.41, 5.74) is 1.94. The molecule has 0 fully saturated rings. The molecule has 0 saturated heterocycles. The van der Waals surface area contributed by atoms with Gasteiger partial charge < -0.3 is 5.32 Å². The predicted molar refractivity (Wildman–Crippen MR) is 78.2 cm³/mol. The first kappa shape index (κ1) is 13.5. The Kier molecular flexibility index (Phi) is 4.01. The van der Waals surface area contributed by atoms with E-state index in [0.29, 0.717) is 0 Å². The summed E-state index contributed by atoms with van der Waals surface area (Å²) in [5.74, 6) is 1.50. The second kappa shape index (κ2) is 5.36. The van der Waals surface area contributed by atoms with Crippen molar-refractivity contribution in [1.82, 2.24) is 19.7 Å². The summed E-state index contributed by atoms with van der Waals surface area (Å²) in [6.45, 7) is 6.77. The maximum absolute atomic E-state index is 4.46. The zero-order valence-corrected chi connectivity index (χ0v) is 13.5. The predicted octanol–water partition coefficient (Wildman–Crippen LogP) is 3.24. The van der Waals surface area contributed by atoms with Gasteiger partial charge in [0.2, 0.25) is 0 Å². The van der Waals surface area contributed by atoms with E-state index >= 15 is 0 Å². The SMILES string of the molecule is CCNc1ncnc(-n2nc(C)c(Br)c2C)c1Br. The van der Waals surface area contributed by atoms with E-state index < -0.39 is 0 Å². The fraction of sp³-hybridized carbons (Fsp3) is 0.364. The van der Waals surface area contributed by atoms with Gasteiger partial charge in [-0.2, -0.15) is 5.10 Å². The molecule has 96 valence electrons. The van der Waals surface area contributed by atoms with Crippen LogP contribution in [0, 0.1) is 13.8 Å². The Morgan fingerprint density at radius 1 is 1.22 bits per heavy atom. The third kappa shape index (κ3) is 2.29. The van der Waals surface area contributed by atoms with Gasteiger partial charge in [0.15, 0.2) is 5.82 Å². The summed E-state index contributed by atoms with van der Waals surface area (Å²) in [4.78, 5) is 8.48. The minimum atomic E-state index is 0.729. The highest BCUT2D eigenvalue weighted by Crippen LogP contribution is 2.29. The average molecular weight is 375 g/mol. The van der Waals surface area contributed by atoms with E-state index in [1.54, 1.807) is 4.68 Å². The highest BCUT2D eigenvalue weighted by molar-refractivity contribution is 9.11. The van der Waals surface area contributed by atoms with Gasteiger partial charge in [0.1, 0.15) is 16.6 Å². The first-order valence-electron chi connectivity index (χ1n) is 5.52. The highest BCUT2D eigenvalue weighted by atomic mass is 79.9. The first-order valence-corrected chi connectivity index (χ1v) is 7.11. The third-order valence-electron chi connectivity index (χ3n) is 2.52. The van der Waals surface area contributed by atoms with Gasteiger partial charge in [0.05, 0.1) is 15.9 Å². The van der Waals surface area contributed by atoms with Crippen molar-refractivity contribution in [3.63, 3.8) is 0 Å². The normalized spacial score (nSPS) is 10.7. The molecular formula is C11H13Br2N5. The number of aromatic nitrogens is 4. The molecule has 0 aliphatic heterocycles. The highest BCUT2D eigenvalue weighted by Gasteiger charge is 2.16. The van der Waals surface area contributed by atoms with E-state index in [0.717, 1.165) is 38.5 Å². The Labute approximate surface area is 122 Å². The van der Waals surface area contributed by atoms with E-state index in [2.05, 4.69) is 52.2 Å². The monoisotopic (exact) mass is 373 g/mol. The summed E-state index contributed by atoms with van der Waals surface area (Å²) in [7, 11) is 0. The van der Waals surface area contributed by atoms with E-state index in [4.69, 9.17) is 0 Å². The molecule has 0 aromatic carbocycles. The molecule has 0 radical (unpaired) electrons. The Morgan fingerprint density at radius 2 is 1.94 bits per heavy atom. The van der Waals surface area contributed by atoms with E-state index in [1.807, 2.05) is 20.8 Å². The van der Waals surface area contributed by atoms with Gasteiger partial charge in [-0.25, -0.2) is 14.6 Å². The summed E-state index contributed by atoms with van der Waals surface area (Å²) < 4.78 is 3.61. The molecule has 0 saturated carbocycles. The van der Waals surface area contributed by atoms with Crippen LogP contribution < -0.4 is 5.32 Å². The number of hydrogen-bond donors (Lipinski definition) is 1. The van der Waals surface area contributed by atoms with Crippen LogP contribution in [-0.4, -0.2) is 26.3 Å². The van der Waals surface area contributed by atoms with Gasteiger partial charge in [-0.1, -0.05) is 0 Å². The fourth-order valence-electron chi connectivity index (χ4n) is 1.63. The number of rotatable bonds is 3. The minimum absolute atomic E-state index is 0.729. The molecule has 0 atom stereocenters. The van der Waals surface area contributed by atoms with Crippen molar-refractivity contribution in [3.8, 4) is 5.82 Å². The fourth-order valence-corrected chi connectivity index (χ4v) is 2.39. The lowest BCUT2D eigenvalue weighted by molar-refractivity contribution is 0.795. The molecule has 2 aromatic rings. The summed E-state index contributed by atoms with van der Waals surface area (Å²) >= 11 is 7.04. The van der Waals surface area contributed by atoms with Gasteiger partial charge in [-0.05, 0) is 52.6 Å². The molecule has 1 N–H and O–H groups in total. The summed E-state index contributed by atoms with van der Waals surface area (Å²) in [5, 5.41) is 7.64. The molecule has 18 heavy (non-hydrogen) atoms. The number of hydrogen-bond acceptors (Lipinski definition) is 4. The summed E-state index contributed by atoms with van der Waals surface area (Å²) in [6.07, 6.45) is 1.53. The largest absolute Gasteiger partial charge is 0.369 e. The molecule has 0 unspecified atom stereocenters. The lowest BCUT2D eigenvalue weighted by Crippen LogP contribution is -2.07. The molecule has 0 spiro atoms. The average Bonchev–Trinajstić information content (AvgIpc) is 2.60. The molecule has 5 nitrogen and oxygen atoms in total. The standard InChI is InChI=1S/C11H13Br2N5/c1-4-14-10-9(13)11(16-5-15-10)18-7(3)8(12)6(2)17-18/h5H,4H2,1-3H3,(H,14,15,16). The lowest BCUT2D eigenvalue weighted by Gasteiger charge is -2.09. The summed E-state index contributed by atoms with van der Waals surface area (Å²) in [6, 6.07) is 0. The molecule has 7 heteroatoms. The maximum atomic E-state index is 4.46. The topological polar surface area (TPSA) is 55.6 Å². The second-order valence-electron chi connectivity index (χ2n) is 3.79. The van der Waals surface area contributed by atoms with Crippen LogP contribution in [0.3, 0.4) is 0 Å².